The Balaban J connectivity index is 1.22. The highest BCUT2D eigenvalue weighted by Gasteiger charge is 2.32. The van der Waals surface area contributed by atoms with Crippen molar-refractivity contribution in [3.63, 3.8) is 0 Å². The lowest BCUT2D eigenvalue weighted by atomic mass is 9.94. The van der Waals surface area contributed by atoms with Crippen LogP contribution in [0.5, 0.6) is 17.2 Å². The van der Waals surface area contributed by atoms with Crippen LogP contribution in [0.1, 0.15) is 41.2 Å². The van der Waals surface area contributed by atoms with Crippen molar-refractivity contribution >= 4 is 29.2 Å². The number of nitrogens with one attached hydrogen (secondary N) is 2. The Kier molecular flexibility index (Phi) is 13.1. The molecule has 0 aliphatic carbocycles. The van der Waals surface area contributed by atoms with E-state index in [1.807, 2.05) is 67.6 Å². The summed E-state index contributed by atoms with van der Waals surface area (Å²) in [5, 5.41) is 35.5. The molecule has 0 radical (unpaired) electrons. The monoisotopic (exact) mass is 798 g/mol. The average Bonchev–Trinajstić information content (AvgIpc) is 3.21. The number of aliphatic hydroxyl groups excluding tert-OH is 1. The fourth-order valence-corrected chi connectivity index (χ4v) is 6.88. The second-order valence-electron chi connectivity index (χ2n) is 13.8. The number of carboxylic acid groups (broad SMARTS) is 1. The van der Waals surface area contributed by atoms with Gasteiger partial charge in [-0.25, -0.2) is 4.39 Å². The summed E-state index contributed by atoms with van der Waals surface area (Å²) in [6.07, 6.45) is 2.10. The minimum atomic E-state index is -1.61. The van der Waals surface area contributed by atoms with Crippen LogP contribution in [0.2, 0.25) is 10.0 Å². The van der Waals surface area contributed by atoms with Gasteiger partial charge in [0.2, 0.25) is 0 Å². The lowest BCUT2D eigenvalue weighted by Crippen LogP contribution is -2.52. The normalized spacial score (nSPS) is 16.4. The van der Waals surface area contributed by atoms with Crippen LogP contribution in [-0.2, 0) is 24.6 Å². The number of nitrogens with zero attached hydrogens (tertiary/aromatic N) is 2. The van der Waals surface area contributed by atoms with Gasteiger partial charge in [-0.3, -0.25) is 15.1 Å². The van der Waals surface area contributed by atoms with Crippen LogP contribution in [0.3, 0.4) is 0 Å². The highest BCUT2D eigenvalue weighted by molar-refractivity contribution is 6.36. The van der Waals surface area contributed by atoms with Gasteiger partial charge in [0.1, 0.15) is 54.3 Å². The van der Waals surface area contributed by atoms with Crippen molar-refractivity contribution in [1.29, 1.82) is 5.26 Å². The van der Waals surface area contributed by atoms with Crippen LogP contribution in [0.15, 0.2) is 91.3 Å². The second kappa shape index (κ2) is 18.2. The number of nitriles is 1. The van der Waals surface area contributed by atoms with E-state index in [0.717, 1.165) is 39.9 Å². The fraction of sp³-hybridized carbons (Fsp3) is 0.279. The number of hydrogen-bond acceptors (Lipinski definition) is 9. The SMILES string of the molecule is Cc1c(COc2cc(OCc3cncc(C#N)c3)c(CN[C@@](C)(CO)C(=O)O)cc2Cl)cccc1-c1cccc(-c2ccc(O[C@@H]3CCNC[C@H]3F)cc2)c1Cl. The van der Waals surface area contributed by atoms with Gasteiger partial charge < -0.3 is 29.7 Å². The summed E-state index contributed by atoms with van der Waals surface area (Å²) < 4.78 is 32.7. The Morgan fingerprint density at radius 3 is 2.46 bits per heavy atom. The van der Waals surface area contributed by atoms with Crippen molar-refractivity contribution in [2.45, 2.75) is 57.8 Å². The molecule has 0 amide bonds. The molecule has 56 heavy (non-hydrogen) atoms. The highest BCUT2D eigenvalue weighted by atomic mass is 35.5. The molecule has 0 spiro atoms. The quantitative estimate of drug-likeness (QED) is 0.0821. The first kappa shape index (κ1) is 40.4. The number of rotatable bonds is 15. The van der Waals surface area contributed by atoms with Crippen LogP contribution in [0, 0.1) is 18.3 Å². The Hall–Kier alpha value is -5.22. The maximum atomic E-state index is 14.3. The largest absolute Gasteiger partial charge is 0.488 e. The Labute approximate surface area is 334 Å². The Morgan fingerprint density at radius 2 is 1.73 bits per heavy atom. The first-order valence-electron chi connectivity index (χ1n) is 18.0. The molecule has 1 fully saturated rings. The number of carboxylic acids is 1. The summed E-state index contributed by atoms with van der Waals surface area (Å²) in [7, 11) is 0. The van der Waals surface area contributed by atoms with E-state index >= 15 is 0 Å². The van der Waals surface area contributed by atoms with E-state index in [0.29, 0.717) is 45.4 Å². The lowest BCUT2D eigenvalue weighted by molar-refractivity contribution is -0.145. The summed E-state index contributed by atoms with van der Waals surface area (Å²) in [5.74, 6) is 0.0762. The van der Waals surface area contributed by atoms with Gasteiger partial charge in [-0.1, -0.05) is 71.7 Å². The molecule has 10 nitrogen and oxygen atoms in total. The number of aliphatic hydroxyl groups is 1. The van der Waals surface area contributed by atoms with Crippen molar-refractivity contribution in [3.8, 4) is 45.6 Å². The highest BCUT2D eigenvalue weighted by Crippen LogP contribution is 2.40. The minimum absolute atomic E-state index is 0.00597. The van der Waals surface area contributed by atoms with Crippen LogP contribution in [-0.4, -0.2) is 58.7 Å². The zero-order valence-corrected chi connectivity index (χ0v) is 32.3. The third kappa shape index (κ3) is 9.41. The Bertz CT molecular complexity index is 2230. The van der Waals surface area contributed by atoms with Crippen LogP contribution >= 0.6 is 23.2 Å². The molecule has 4 N–H and O–H groups in total. The van der Waals surface area contributed by atoms with E-state index < -0.39 is 30.4 Å². The molecule has 6 rings (SSSR count). The molecule has 1 aliphatic heterocycles. The summed E-state index contributed by atoms with van der Waals surface area (Å²) in [6.45, 7) is 3.96. The smallest absolute Gasteiger partial charge is 0.326 e. The Morgan fingerprint density at radius 1 is 1.00 bits per heavy atom. The number of halogens is 3. The van der Waals surface area contributed by atoms with Gasteiger partial charge in [-0.05, 0) is 73.3 Å². The van der Waals surface area contributed by atoms with Crippen molar-refractivity contribution in [3.05, 3.63) is 129 Å². The van der Waals surface area contributed by atoms with Crippen molar-refractivity contribution in [2.75, 3.05) is 19.7 Å². The van der Waals surface area contributed by atoms with Gasteiger partial charge in [0.25, 0.3) is 0 Å². The van der Waals surface area contributed by atoms with Crippen molar-refractivity contribution in [1.82, 2.24) is 15.6 Å². The number of aromatic nitrogens is 1. The molecule has 2 heterocycles. The van der Waals surface area contributed by atoms with Gasteiger partial charge in [0.15, 0.2) is 0 Å². The van der Waals surface area contributed by atoms with Crippen LogP contribution in [0.25, 0.3) is 22.3 Å². The van der Waals surface area contributed by atoms with E-state index in [1.165, 1.54) is 13.1 Å². The van der Waals surface area contributed by atoms with Gasteiger partial charge in [-0.2, -0.15) is 5.26 Å². The van der Waals surface area contributed by atoms with Gasteiger partial charge in [0, 0.05) is 53.8 Å². The number of pyridine rings is 1. The molecule has 1 saturated heterocycles. The fourth-order valence-electron chi connectivity index (χ4n) is 6.30. The number of hydrogen-bond donors (Lipinski definition) is 4. The molecule has 1 aliphatic rings. The zero-order valence-electron chi connectivity index (χ0n) is 30.8. The van der Waals surface area contributed by atoms with Gasteiger partial charge in [0.05, 0.1) is 22.2 Å². The van der Waals surface area contributed by atoms with E-state index in [9.17, 15) is 24.7 Å². The molecule has 13 heteroatoms. The molecule has 3 atom stereocenters. The number of piperidine rings is 1. The topological polar surface area (TPSA) is 146 Å². The summed E-state index contributed by atoms with van der Waals surface area (Å²) >= 11 is 13.8. The molecule has 5 aromatic rings. The van der Waals surface area contributed by atoms with Crippen LogP contribution in [0.4, 0.5) is 4.39 Å². The first-order chi connectivity index (χ1) is 27.0. The van der Waals surface area contributed by atoms with E-state index in [2.05, 4.69) is 21.7 Å². The predicted octanol–water partition coefficient (Wildman–Crippen LogP) is 8.06. The molecular weight excluding hydrogens is 758 g/mol. The number of alkyl halides is 1. The van der Waals surface area contributed by atoms with E-state index in [-0.39, 0.29) is 31.3 Å². The first-order valence-corrected chi connectivity index (χ1v) is 18.8. The molecule has 0 saturated carbocycles. The van der Waals surface area contributed by atoms with Crippen molar-refractivity contribution in [2.24, 2.45) is 0 Å². The van der Waals surface area contributed by atoms with E-state index in [4.69, 9.17) is 37.4 Å². The molecule has 0 unspecified atom stereocenters. The molecule has 1 aromatic heterocycles. The predicted molar refractivity (Wildman–Crippen MR) is 213 cm³/mol. The third-order valence-corrected chi connectivity index (χ3v) is 10.5. The third-order valence-electron chi connectivity index (χ3n) is 9.81. The number of carbonyl (C=O) groups is 1. The second-order valence-corrected chi connectivity index (χ2v) is 14.5. The van der Waals surface area contributed by atoms with Crippen molar-refractivity contribution < 1.29 is 33.6 Å². The summed E-state index contributed by atoms with van der Waals surface area (Å²) in [4.78, 5) is 15.9. The maximum absolute atomic E-state index is 14.3. The molecular formula is C43H41Cl2FN4O6. The summed E-state index contributed by atoms with van der Waals surface area (Å²) in [6, 6.07) is 26.3. The maximum Gasteiger partial charge on any atom is 0.326 e. The lowest BCUT2D eigenvalue weighted by Gasteiger charge is -2.27. The molecule has 290 valence electrons. The summed E-state index contributed by atoms with van der Waals surface area (Å²) in [5.41, 5.74) is 5.29. The molecule has 0 bridgehead atoms. The van der Waals surface area contributed by atoms with Gasteiger partial charge >= 0.3 is 5.97 Å². The van der Waals surface area contributed by atoms with Gasteiger partial charge in [-0.15, -0.1) is 0 Å². The standard InChI is InChI=1S/C43H41Cl2FN4O6/c1-26-30(5-3-6-33(26)35-8-4-7-34(41(35)45)29-9-11-32(12-10-29)56-38-13-14-48-22-37(38)46)24-55-40-17-39(54-23-28-15-27(18-47)19-49-20-28)31(16-36(40)44)21-50-43(2,25-51)42(52)53/h3-12,15-17,19-20,37-38,48,50-51H,13-14,21-25H2,1-2H3,(H,52,53)/t37-,38-,43+/m1/s1. The molecule has 4 aromatic carbocycles. The average molecular weight is 800 g/mol. The number of benzene rings is 4. The minimum Gasteiger partial charge on any atom is -0.488 e. The number of aliphatic carboxylic acids is 1. The van der Waals surface area contributed by atoms with E-state index in [1.54, 1.807) is 24.4 Å². The van der Waals surface area contributed by atoms with Crippen LogP contribution < -0.4 is 24.8 Å². The zero-order chi connectivity index (χ0) is 39.8. The number of ether oxygens (including phenoxy) is 3.